The molecule has 18 heavy (non-hydrogen) atoms. The first-order chi connectivity index (χ1) is 8.67. The molecule has 5 nitrogen and oxygen atoms in total. The van der Waals surface area contributed by atoms with Gasteiger partial charge in [0.05, 0.1) is 29.2 Å². The minimum atomic E-state index is 0.692. The Bertz CT molecular complexity index is 556. The number of benzene rings is 1. The summed E-state index contributed by atoms with van der Waals surface area (Å²) in [4.78, 5) is 0. The lowest BCUT2D eigenvalue weighted by atomic mass is 10.3. The number of aromatic nitrogens is 3. The van der Waals surface area contributed by atoms with Gasteiger partial charge in [0, 0.05) is 17.1 Å². The molecule has 1 N–H and O–H groups in total. The number of hydrogen-bond acceptors (Lipinski definition) is 4. The quantitative estimate of drug-likeness (QED) is 0.892. The summed E-state index contributed by atoms with van der Waals surface area (Å²) in [5.41, 5.74) is 1.86. The van der Waals surface area contributed by atoms with E-state index in [-0.39, 0.29) is 0 Å². The summed E-state index contributed by atoms with van der Waals surface area (Å²) in [6.07, 6.45) is 1.73. The zero-order chi connectivity index (χ0) is 13.1. The Morgan fingerprint density at radius 2 is 2.11 bits per heavy atom. The highest BCUT2D eigenvalue weighted by molar-refractivity contribution is 9.11. The van der Waals surface area contributed by atoms with E-state index in [0.29, 0.717) is 6.54 Å². The summed E-state index contributed by atoms with van der Waals surface area (Å²) in [5, 5.41) is 11.1. The van der Waals surface area contributed by atoms with Crippen LogP contribution in [0.1, 0.15) is 5.69 Å². The molecule has 1 aromatic heterocycles. The first-order valence-electron chi connectivity index (χ1n) is 5.25. The topological polar surface area (TPSA) is 52.0 Å². The van der Waals surface area contributed by atoms with Gasteiger partial charge >= 0.3 is 0 Å². The lowest BCUT2D eigenvalue weighted by Gasteiger charge is -2.11. The highest BCUT2D eigenvalue weighted by atomic mass is 79.9. The summed E-state index contributed by atoms with van der Waals surface area (Å²) >= 11 is 6.96. The van der Waals surface area contributed by atoms with Gasteiger partial charge in [0.2, 0.25) is 0 Å². The van der Waals surface area contributed by atoms with Gasteiger partial charge < -0.3 is 10.1 Å². The third kappa shape index (κ3) is 2.57. The van der Waals surface area contributed by atoms with Crippen molar-refractivity contribution in [3.05, 3.63) is 33.0 Å². The molecule has 0 bridgehead atoms. The van der Waals surface area contributed by atoms with Crippen molar-refractivity contribution in [3.8, 4) is 11.4 Å². The molecule has 0 saturated carbocycles. The maximum atomic E-state index is 5.29. The van der Waals surface area contributed by atoms with Crippen LogP contribution in [0.3, 0.4) is 0 Å². The molecule has 0 unspecified atom stereocenters. The van der Waals surface area contributed by atoms with Gasteiger partial charge in [0.1, 0.15) is 5.75 Å². The number of nitrogens with one attached hydrogen (secondary N) is 1. The lowest BCUT2D eigenvalue weighted by molar-refractivity contribution is 0.411. The zero-order valence-electron chi connectivity index (χ0n) is 9.94. The molecule has 0 aliphatic rings. The number of ether oxygens (including phenoxy) is 1. The van der Waals surface area contributed by atoms with Crippen LogP contribution in [0.4, 0.5) is 0 Å². The van der Waals surface area contributed by atoms with Crippen molar-refractivity contribution in [2.45, 2.75) is 6.54 Å². The maximum Gasteiger partial charge on any atom is 0.135 e. The van der Waals surface area contributed by atoms with E-state index in [0.717, 1.165) is 26.1 Å². The van der Waals surface area contributed by atoms with Crippen molar-refractivity contribution in [3.63, 3.8) is 0 Å². The number of halogens is 2. The number of nitrogens with zero attached hydrogens (tertiary/aromatic N) is 3. The van der Waals surface area contributed by atoms with Crippen LogP contribution in [0.25, 0.3) is 5.69 Å². The number of rotatable bonds is 4. The SMILES string of the molecule is CNCc1cnnn1-c1cc(OC)c(Br)cc1Br. The molecule has 1 heterocycles. The van der Waals surface area contributed by atoms with Crippen LogP contribution >= 0.6 is 31.9 Å². The molecule has 0 fully saturated rings. The summed E-state index contributed by atoms with van der Waals surface area (Å²) < 4.78 is 8.87. The molecule has 0 atom stereocenters. The summed E-state index contributed by atoms with van der Waals surface area (Å²) in [5.74, 6) is 0.749. The minimum Gasteiger partial charge on any atom is -0.495 e. The average Bonchev–Trinajstić information content (AvgIpc) is 2.78. The van der Waals surface area contributed by atoms with E-state index in [9.17, 15) is 0 Å². The van der Waals surface area contributed by atoms with Crippen LogP contribution in [0.5, 0.6) is 5.75 Å². The minimum absolute atomic E-state index is 0.692. The second kappa shape index (κ2) is 5.81. The Hall–Kier alpha value is -0.920. The average molecular weight is 376 g/mol. The van der Waals surface area contributed by atoms with Gasteiger partial charge in [0.25, 0.3) is 0 Å². The van der Waals surface area contributed by atoms with Crippen LogP contribution in [0, 0.1) is 0 Å². The van der Waals surface area contributed by atoms with Crippen molar-refractivity contribution in [1.29, 1.82) is 0 Å². The smallest absolute Gasteiger partial charge is 0.135 e. The van der Waals surface area contributed by atoms with E-state index in [4.69, 9.17) is 4.74 Å². The molecule has 1 aromatic carbocycles. The fourth-order valence-corrected chi connectivity index (χ4v) is 2.92. The Morgan fingerprint density at radius 3 is 2.78 bits per heavy atom. The molecule has 0 saturated heterocycles. The van der Waals surface area contributed by atoms with Gasteiger partial charge in [-0.05, 0) is 45.0 Å². The van der Waals surface area contributed by atoms with Crippen LogP contribution in [0.15, 0.2) is 27.3 Å². The normalized spacial score (nSPS) is 10.7. The zero-order valence-corrected chi connectivity index (χ0v) is 13.1. The molecule has 0 aliphatic carbocycles. The third-order valence-corrected chi connectivity index (χ3v) is 3.68. The molecule has 2 rings (SSSR count). The Labute approximate surface area is 122 Å². The molecule has 7 heteroatoms. The van der Waals surface area contributed by atoms with Crippen molar-refractivity contribution >= 4 is 31.9 Å². The van der Waals surface area contributed by atoms with Gasteiger partial charge in [-0.25, -0.2) is 4.68 Å². The second-order valence-corrected chi connectivity index (χ2v) is 5.31. The van der Waals surface area contributed by atoms with Crippen molar-refractivity contribution < 1.29 is 4.74 Å². The van der Waals surface area contributed by atoms with Gasteiger partial charge in [-0.2, -0.15) is 0 Å². The van der Waals surface area contributed by atoms with Gasteiger partial charge in [0.15, 0.2) is 0 Å². The molecule has 96 valence electrons. The van der Waals surface area contributed by atoms with E-state index in [1.54, 1.807) is 18.0 Å². The van der Waals surface area contributed by atoms with Crippen molar-refractivity contribution in [2.24, 2.45) is 0 Å². The Morgan fingerprint density at radius 1 is 1.33 bits per heavy atom. The van der Waals surface area contributed by atoms with E-state index in [1.165, 1.54) is 0 Å². The fraction of sp³-hybridized carbons (Fsp3) is 0.273. The third-order valence-electron chi connectivity index (χ3n) is 2.43. The molecule has 0 amide bonds. The van der Waals surface area contributed by atoms with Gasteiger partial charge in [-0.3, -0.25) is 0 Å². The monoisotopic (exact) mass is 374 g/mol. The first kappa shape index (κ1) is 13.5. The van der Waals surface area contributed by atoms with Crippen molar-refractivity contribution in [1.82, 2.24) is 20.3 Å². The predicted octanol–water partition coefficient (Wildman–Crippen LogP) is 2.52. The van der Waals surface area contributed by atoms with Crippen LogP contribution in [-0.2, 0) is 6.54 Å². The van der Waals surface area contributed by atoms with E-state index < -0.39 is 0 Å². The molecular formula is C11H12Br2N4O. The Balaban J connectivity index is 2.52. The first-order valence-corrected chi connectivity index (χ1v) is 6.83. The van der Waals surface area contributed by atoms with Crippen molar-refractivity contribution in [2.75, 3.05) is 14.2 Å². The highest BCUT2D eigenvalue weighted by Crippen LogP contribution is 2.33. The summed E-state index contributed by atoms with van der Waals surface area (Å²) in [6.45, 7) is 0.692. The largest absolute Gasteiger partial charge is 0.495 e. The van der Waals surface area contributed by atoms with E-state index >= 15 is 0 Å². The maximum absolute atomic E-state index is 5.29. The van der Waals surface area contributed by atoms with Crippen LogP contribution in [0.2, 0.25) is 0 Å². The number of methoxy groups -OCH3 is 1. The van der Waals surface area contributed by atoms with Crippen LogP contribution < -0.4 is 10.1 Å². The standard InChI is InChI=1S/C11H12Br2N4O/c1-14-5-7-6-15-16-17(7)10-4-11(18-2)9(13)3-8(10)12/h3-4,6,14H,5H2,1-2H3. The summed E-state index contributed by atoms with van der Waals surface area (Å²) in [7, 11) is 3.52. The lowest BCUT2D eigenvalue weighted by Crippen LogP contribution is -2.11. The van der Waals surface area contributed by atoms with Gasteiger partial charge in [-0.15, -0.1) is 5.10 Å². The summed E-state index contributed by atoms with van der Waals surface area (Å²) in [6, 6.07) is 3.83. The molecule has 0 aliphatic heterocycles. The van der Waals surface area contributed by atoms with Crippen LogP contribution in [-0.4, -0.2) is 29.2 Å². The predicted molar refractivity (Wildman–Crippen MR) is 76.1 cm³/mol. The van der Waals surface area contributed by atoms with E-state index in [2.05, 4.69) is 47.5 Å². The number of hydrogen-bond donors (Lipinski definition) is 1. The molecular weight excluding hydrogens is 364 g/mol. The highest BCUT2D eigenvalue weighted by Gasteiger charge is 2.12. The molecule has 0 spiro atoms. The molecule has 2 aromatic rings. The van der Waals surface area contributed by atoms with Gasteiger partial charge in [-0.1, -0.05) is 5.21 Å². The molecule has 0 radical (unpaired) electrons. The fourth-order valence-electron chi connectivity index (χ4n) is 1.60. The Kier molecular flexibility index (Phi) is 4.36. The second-order valence-electron chi connectivity index (χ2n) is 3.61. The van der Waals surface area contributed by atoms with E-state index in [1.807, 2.05) is 19.2 Å².